The first-order valence-corrected chi connectivity index (χ1v) is 9.92. The zero-order valence-corrected chi connectivity index (χ0v) is 16.7. The topological polar surface area (TPSA) is 75.7 Å². The van der Waals surface area contributed by atoms with Crippen molar-refractivity contribution in [1.29, 1.82) is 0 Å². The minimum Gasteiger partial charge on any atom is -0.462 e. The van der Waals surface area contributed by atoms with Gasteiger partial charge in [0, 0.05) is 24.4 Å². The Kier molecular flexibility index (Phi) is 6.26. The monoisotopic (exact) mass is 398 g/mol. The van der Waals surface area contributed by atoms with Crippen LogP contribution in [0.3, 0.4) is 0 Å². The standard InChI is InChI=1S/C21H22N2O4S/c1-3-27-21(26)19-16-11-12-23(14(2)24)13-17(16)28-20(19)22-18(25)10-9-15-7-5-4-6-8-15/h4-10H,3,11-13H2,1-2H3,(H,22,25)/b10-9+. The number of esters is 1. The number of nitrogens with zero attached hydrogens (tertiary/aromatic N) is 1. The number of anilines is 1. The fraction of sp³-hybridized carbons (Fsp3) is 0.286. The van der Waals surface area contributed by atoms with Gasteiger partial charge in [0.15, 0.2) is 0 Å². The number of carbonyl (C=O) groups excluding carboxylic acids is 3. The van der Waals surface area contributed by atoms with Gasteiger partial charge in [0.25, 0.3) is 0 Å². The van der Waals surface area contributed by atoms with Gasteiger partial charge in [0.05, 0.1) is 18.7 Å². The van der Waals surface area contributed by atoms with Crippen LogP contribution in [-0.2, 0) is 27.3 Å². The van der Waals surface area contributed by atoms with E-state index in [1.165, 1.54) is 24.3 Å². The summed E-state index contributed by atoms with van der Waals surface area (Å²) in [5, 5.41) is 3.28. The first-order chi connectivity index (χ1) is 13.5. The largest absolute Gasteiger partial charge is 0.462 e. The molecule has 0 aliphatic carbocycles. The zero-order valence-electron chi connectivity index (χ0n) is 15.9. The minimum absolute atomic E-state index is 0.00638. The number of rotatable bonds is 5. The third-order valence-electron chi connectivity index (χ3n) is 4.45. The second-order valence-corrected chi connectivity index (χ2v) is 7.46. The van der Waals surface area contributed by atoms with Crippen molar-refractivity contribution >= 4 is 40.2 Å². The Morgan fingerprint density at radius 1 is 1.25 bits per heavy atom. The van der Waals surface area contributed by atoms with Crippen LogP contribution in [0.4, 0.5) is 5.00 Å². The molecular weight excluding hydrogens is 376 g/mol. The van der Waals surface area contributed by atoms with Gasteiger partial charge in [-0.05, 0) is 30.5 Å². The Balaban J connectivity index is 1.85. The number of amides is 2. The van der Waals surface area contributed by atoms with Crippen molar-refractivity contribution in [1.82, 2.24) is 4.90 Å². The van der Waals surface area contributed by atoms with E-state index in [4.69, 9.17) is 4.74 Å². The molecule has 0 unspecified atom stereocenters. The summed E-state index contributed by atoms with van der Waals surface area (Å²) in [7, 11) is 0. The van der Waals surface area contributed by atoms with Crippen LogP contribution in [0, 0.1) is 0 Å². The van der Waals surface area contributed by atoms with Crippen molar-refractivity contribution in [3.8, 4) is 0 Å². The fourth-order valence-corrected chi connectivity index (χ4v) is 4.32. The third kappa shape index (κ3) is 4.48. The molecule has 0 bridgehead atoms. The summed E-state index contributed by atoms with van der Waals surface area (Å²) < 4.78 is 5.20. The normalized spacial score (nSPS) is 13.3. The highest BCUT2D eigenvalue weighted by atomic mass is 32.1. The molecule has 0 radical (unpaired) electrons. The number of hydrogen-bond donors (Lipinski definition) is 1. The molecule has 1 aromatic heterocycles. The number of ether oxygens (including phenoxy) is 1. The lowest BCUT2D eigenvalue weighted by Crippen LogP contribution is -2.34. The van der Waals surface area contributed by atoms with E-state index in [-0.39, 0.29) is 18.4 Å². The lowest BCUT2D eigenvalue weighted by atomic mass is 10.0. The Bertz CT molecular complexity index is 918. The van der Waals surface area contributed by atoms with Gasteiger partial charge in [-0.1, -0.05) is 30.3 Å². The highest BCUT2D eigenvalue weighted by Gasteiger charge is 2.30. The van der Waals surface area contributed by atoms with Crippen LogP contribution in [0.1, 0.15) is 40.2 Å². The summed E-state index contributed by atoms with van der Waals surface area (Å²) in [4.78, 5) is 39.2. The second-order valence-electron chi connectivity index (χ2n) is 6.35. The van der Waals surface area contributed by atoms with Crippen LogP contribution < -0.4 is 5.32 Å². The van der Waals surface area contributed by atoms with Gasteiger partial charge in [-0.15, -0.1) is 11.3 Å². The summed E-state index contributed by atoms with van der Waals surface area (Å²) in [5.41, 5.74) is 2.18. The van der Waals surface area contributed by atoms with Gasteiger partial charge in [0.2, 0.25) is 11.8 Å². The van der Waals surface area contributed by atoms with E-state index in [1.54, 1.807) is 17.9 Å². The molecule has 28 heavy (non-hydrogen) atoms. The van der Waals surface area contributed by atoms with E-state index in [1.807, 2.05) is 30.3 Å². The Morgan fingerprint density at radius 2 is 2.00 bits per heavy atom. The highest BCUT2D eigenvalue weighted by Crippen LogP contribution is 2.37. The average Bonchev–Trinajstić information content (AvgIpc) is 3.04. The smallest absolute Gasteiger partial charge is 0.341 e. The molecule has 0 fully saturated rings. The minimum atomic E-state index is -0.446. The molecule has 7 heteroatoms. The summed E-state index contributed by atoms with van der Waals surface area (Å²) >= 11 is 1.33. The number of thiophene rings is 1. The average molecular weight is 398 g/mol. The third-order valence-corrected chi connectivity index (χ3v) is 5.58. The van der Waals surface area contributed by atoms with E-state index in [0.29, 0.717) is 30.1 Å². The number of carbonyl (C=O) groups is 3. The maximum absolute atomic E-state index is 12.5. The van der Waals surface area contributed by atoms with Crippen molar-refractivity contribution in [3.63, 3.8) is 0 Å². The summed E-state index contributed by atoms with van der Waals surface area (Å²) in [6, 6.07) is 9.49. The molecule has 1 N–H and O–H groups in total. The van der Waals surface area contributed by atoms with Crippen molar-refractivity contribution in [2.45, 2.75) is 26.8 Å². The zero-order chi connectivity index (χ0) is 20.1. The van der Waals surface area contributed by atoms with Crippen LogP contribution in [-0.4, -0.2) is 35.8 Å². The van der Waals surface area contributed by atoms with E-state index < -0.39 is 5.97 Å². The molecule has 1 aliphatic heterocycles. The van der Waals surface area contributed by atoms with E-state index in [0.717, 1.165) is 16.0 Å². The van der Waals surface area contributed by atoms with Gasteiger partial charge in [-0.3, -0.25) is 9.59 Å². The number of nitrogens with one attached hydrogen (secondary N) is 1. The van der Waals surface area contributed by atoms with Gasteiger partial charge in [0.1, 0.15) is 5.00 Å². The SMILES string of the molecule is CCOC(=O)c1c(NC(=O)/C=C/c2ccccc2)sc2c1CCN(C(C)=O)C2. The van der Waals surface area contributed by atoms with Crippen molar-refractivity contribution in [2.24, 2.45) is 0 Å². The van der Waals surface area contributed by atoms with Crippen LogP contribution >= 0.6 is 11.3 Å². The molecule has 0 atom stereocenters. The summed E-state index contributed by atoms with van der Waals surface area (Å²) in [6.07, 6.45) is 3.71. The molecule has 146 valence electrons. The molecule has 0 saturated heterocycles. The van der Waals surface area contributed by atoms with Crippen LogP contribution in [0.15, 0.2) is 36.4 Å². The Hall–Kier alpha value is -2.93. The highest BCUT2D eigenvalue weighted by molar-refractivity contribution is 7.17. The van der Waals surface area contributed by atoms with E-state index in [9.17, 15) is 14.4 Å². The summed E-state index contributed by atoms with van der Waals surface area (Å²) in [5.74, 6) is -0.775. The molecule has 2 amide bonds. The molecule has 2 aromatic rings. The van der Waals surface area contributed by atoms with Gasteiger partial charge >= 0.3 is 5.97 Å². The first kappa shape index (κ1) is 19.8. The lowest BCUT2D eigenvalue weighted by Gasteiger charge is -2.25. The Morgan fingerprint density at radius 3 is 2.68 bits per heavy atom. The van der Waals surface area contributed by atoms with E-state index in [2.05, 4.69) is 5.32 Å². The predicted molar refractivity (Wildman–Crippen MR) is 109 cm³/mol. The van der Waals surface area contributed by atoms with Crippen molar-refractivity contribution in [3.05, 3.63) is 58.0 Å². The van der Waals surface area contributed by atoms with Crippen LogP contribution in [0.5, 0.6) is 0 Å². The van der Waals surface area contributed by atoms with Crippen LogP contribution in [0.2, 0.25) is 0 Å². The quantitative estimate of drug-likeness (QED) is 0.618. The number of hydrogen-bond acceptors (Lipinski definition) is 5. The van der Waals surface area contributed by atoms with E-state index >= 15 is 0 Å². The molecule has 0 spiro atoms. The molecule has 3 rings (SSSR count). The molecule has 0 saturated carbocycles. The maximum Gasteiger partial charge on any atom is 0.341 e. The van der Waals surface area contributed by atoms with Crippen molar-refractivity contribution < 1.29 is 19.1 Å². The second kappa shape index (κ2) is 8.84. The van der Waals surface area contributed by atoms with Gasteiger partial charge in [-0.2, -0.15) is 0 Å². The first-order valence-electron chi connectivity index (χ1n) is 9.11. The number of benzene rings is 1. The fourth-order valence-electron chi connectivity index (χ4n) is 3.07. The maximum atomic E-state index is 12.5. The molecule has 2 heterocycles. The molecular formula is C21H22N2O4S. The van der Waals surface area contributed by atoms with Crippen molar-refractivity contribution in [2.75, 3.05) is 18.5 Å². The molecule has 1 aromatic carbocycles. The number of fused-ring (bicyclic) bond motifs is 1. The molecule has 1 aliphatic rings. The van der Waals surface area contributed by atoms with Gasteiger partial charge in [-0.25, -0.2) is 4.79 Å². The Labute approximate surface area is 167 Å². The van der Waals surface area contributed by atoms with Crippen LogP contribution in [0.25, 0.3) is 6.08 Å². The predicted octanol–water partition coefficient (Wildman–Crippen LogP) is 3.48. The summed E-state index contributed by atoms with van der Waals surface area (Å²) in [6.45, 7) is 4.52. The van der Waals surface area contributed by atoms with Gasteiger partial charge < -0.3 is 15.0 Å². The molecule has 6 nitrogen and oxygen atoms in total. The lowest BCUT2D eigenvalue weighted by molar-refractivity contribution is -0.129.